The number of nitrogens with two attached hydrogens (primary N) is 1. The van der Waals surface area contributed by atoms with E-state index in [9.17, 15) is 10.1 Å². The highest BCUT2D eigenvalue weighted by atomic mass is 127. The van der Waals surface area contributed by atoms with Crippen molar-refractivity contribution in [1.82, 2.24) is 4.90 Å². The third-order valence-electron chi connectivity index (χ3n) is 6.94. The van der Waals surface area contributed by atoms with Crippen LogP contribution in [0.15, 0.2) is 59.1 Å². The SMILES string of the molecule is CCOc1cc([C@H]2C(C#N)=C(N)N(CCOC)C3=C2C(=O)CC(C)(C)C3)cc(I)c1OCc1cccc(Cl)c1. The Bertz CT molecular complexity index is 1380. The molecule has 1 aliphatic carbocycles. The molecule has 0 fully saturated rings. The Balaban J connectivity index is 1.82. The first-order valence-corrected chi connectivity index (χ1v) is 14.3. The molecule has 0 bridgehead atoms. The van der Waals surface area contributed by atoms with Gasteiger partial charge in [0.2, 0.25) is 0 Å². The lowest BCUT2D eigenvalue weighted by Gasteiger charge is -2.43. The first kappa shape index (κ1) is 29.2. The van der Waals surface area contributed by atoms with Crippen LogP contribution in [-0.2, 0) is 16.1 Å². The van der Waals surface area contributed by atoms with Gasteiger partial charge in [0.1, 0.15) is 12.4 Å². The lowest BCUT2D eigenvalue weighted by Crippen LogP contribution is -2.43. The van der Waals surface area contributed by atoms with Crippen LogP contribution in [0.25, 0.3) is 0 Å². The second kappa shape index (κ2) is 12.2. The minimum absolute atomic E-state index is 0.0307. The summed E-state index contributed by atoms with van der Waals surface area (Å²) in [5.41, 5.74) is 9.96. The minimum atomic E-state index is -0.595. The molecule has 2 aliphatic rings. The van der Waals surface area contributed by atoms with E-state index >= 15 is 0 Å². The molecule has 206 valence electrons. The Kier molecular flexibility index (Phi) is 9.14. The fourth-order valence-electron chi connectivity index (χ4n) is 5.29. The number of methoxy groups -OCH3 is 1. The second-order valence-electron chi connectivity index (χ2n) is 10.5. The molecule has 9 heteroatoms. The zero-order chi connectivity index (χ0) is 28.3. The molecule has 1 aliphatic heterocycles. The van der Waals surface area contributed by atoms with Crippen molar-refractivity contribution < 1.29 is 19.0 Å². The summed E-state index contributed by atoms with van der Waals surface area (Å²) in [6.07, 6.45) is 1.07. The van der Waals surface area contributed by atoms with Gasteiger partial charge in [0.25, 0.3) is 0 Å². The van der Waals surface area contributed by atoms with Crippen LogP contribution in [0.4, 0.5) is 0 Å². The molecule has 2 N–H and O–H groups in total. The summed E-state index contributed by atoms with van der Waals surface area (Å²) in [5, 5.41) is 10.9. The first-order chi connectivity index (χ1) is 18.6. The van der Waals surface area contributed by atoms with Crippen molar-refractivity contribution >= 4 is 40.0 Å². The number of halogens is 2. The normalized spacial score (nSPS) is 18.6. The van der Waals surface area contributed by atoms with Crippen LogP contribution in [0.3, 0.4) is 0 Å². The molecule has 39 heavy (non-hydrogen) atoms. The van der Waals surface area contributed by atoms with Crippen LogP contribution in [0.1, 0.15) is 50.7 Å². The highest BCUT2D eigenvalue weighted by Crippen LogP contribution is 2.50. The molecule has 0 saturated carbocycles. The average molecular weight is 662 g/mol. The number of ether oxygens (including phenoxy) is 3. The lowest BCUT2D eigenvalue weighted by atomic mass is 9.68. The van der Waals surface area contributed by atoms with Gasteiger partial charge in [0, 0.05) is 36.4 Å². The molecule has 7 nitrogen and oxygen atoms in total. The molecule has 1 atom stereocenters. The summed E-state index contributed by atoms with van der Waals surface area (Å²) in [6, 6.07) is 13.6. The number of benzene rings is 2. The minimum Gasteiger partial charge on any atom is -0.490 e. The number of Topliss-reactive ketones (excluding diaryl/α,β-unsaturated/α-hetero) is 1. The smallest absolute Gasteiger partial charge is 0.174 e. The predicted octanol–water partition coefficient (Wildman–Crippen LogP) is 6.30. The van der Waals surface area contributed by atoms with Gasteiger partial charge in [-0.05, 0) is 76.7 Å². The molecule has 0 amide bonds. The largest absolute Gasteiger partial charge is 0.490 e. The summed E-state index contributed by atoms with van der Waals surface area (Å²) >= 11 is 8.36. The standard InChI is InChI=1S/C30H33ClIN3O4/c1-5-38-25-13-19(12-22(32)28(25)39-17-18-7-6-8-20(31)11-18)26-21(16-33)29(34)35(9-10-37-4)23-14-30(2,3)15-24(36)27(23)26/h6-8,11-13,26H,5,9-10,14-15,17,34H2,1-4H3/t26-/m0/s1. The molecule has 0 radical (unpaired) electrons. The lowest BCUT2D eigenvalue weighted by molar-refractivity contribution is -0.118. The van der Waals surface area contributed by atoms with Crippen molar-refractivity contribution in [3.63, 3.8) is 0 Å². The second-order valence-corrected chi connectivity index (χ2v) is 12.1. The quantitative estimate of drug-likeness (QED) is 0.315. The molecular weight excluding hydrogens is 629 g/mol. The first-order valence-electron chi connectivity index (χ1n) is 12.9. The molecule has 2 aromatic rings. The van der Waals surface area contributed by atoms with Crippen LogP contribution in [-0.4, -0.2) is 37.6 Å². The maximum Gasteiger partial charge on any atom is 0.174 e. The van der Waals surface area contributed by atoms with Gasteiger partial charge in [0.15, 0.2) is 17.3 Å². The van der Waals surface area contributed by atoms with Crippen molar-refractivity contribution in [2.45, 2.75) is 46.1 Å². The summed E-state index contributed by atoms with van der Waals surface area (Å²) in [4.78, 5) is 15.6. The highest BCUT2D eigenvalue weighted by molar-refractivity contribution is 14.1. The number of carbonyl (C=O) groups is 1. The Labute approximate surface area is 248 Å². The van der Waals surface area contributed by atoms with Crippen molar-refractivity contribution in [3.05, 3.63) is 78.8 Å². The van der Waals surface area contributed by atoms with Crippen LogP contribution < -0.4 is 15.2 Å². The molecule has 0 spiro atoms. The number of rotatable bonds is 9. The summed E-state index contributed by atoms with van der Waals surface area (Å²) in [7, 11) is 1.62. The molecule has 1 heterocycles. The summed E-state index contributed by atoms with van der Waals surface area (Å²) < 4.78 is 18.3. The van der Waals surface area contributed by atoms with Gasteiger partial charge >= 0.3 is 0 Å². The fraction of sp³-hybridized carbons (Fsp3) is 0.400. The molecule has 0 saturated heterocycles. The summed E-state index contributed by atoms with van der Waals surface area (Å²) in [5.74, 6) is 0.938. The average Bonchev–Trinajstić information content (AvgIpc) is 2.86. The topological polar surface area (TPSA) is 97.8 Å². The van der Waals surface area contributed by atoms with E-state index < -0.39 is 5.92 Å². The maximum atomic E-state index is 13.7. The van der Waals surface area contributed by atoms with Gasteiger partial charge in [-0.25, -0.2) is 0 Å². The Hall–Kier alpha value is -2.74. The highest BCUT2D eigenvalue weighted by Gasteiger charge is 2.44. The predicted molar refractivity (Wildman–Crippen MR) is 159 cm³/mol. The number of ketones is 1. The van der Waals surface area contributed by atoms with E-state index in [1.807, 2.05) is 48.2 Å². The number of hydrogen-bond donors (Lipinski definition) is 1. The number of carbonyl (C=O) groups excluding carboxylic acids is 1. The number of allylic oxidation sites excluding steroid dienone is 3. The van der Waals surface area contributed by atoms with Crippen LogP contribution >= 0.6 is 34.2 Å². The number of nitriles is 1. The number of hydrogen-bond acceptors (Lipinski definition) is 7. The van der Waals surface area contributed by atoms with Crippen molar-refractivity contribution in [2.75, 3.05) is 26.9 Å². The van der Waals surface area contributed by atoms with Gasteiger partial charge in [-0.3, -0.25) is 4.79 Å². The Morgan fingerprint density at radius 1 is 1.23 bits per heavy atom. The van der Waals surface area contributed by atoms with Crippen molar-refractivity contribution in [1.29, 1.82) is 5.26 Å². The van der Waals surface area contributed by atoms with E-state index in [2.05, 4.69) is 42.5 Å². The number of nitrogens with zero attached hydrogens (tertiary/aromatic N) is 2. The van der Waals surface area contributed by atoms with E-state index in [4.69, 9.17) is 31.5 Å². The van der Waals surface area contributed by atoms with Crippen LogP contribution in [0.5, 0.6) is 11.5 Å². The van der Waals surface area contributed by atoms with Gasteiger partial charge in [-0.15, -0.1) is 0 Å². The van der Waals surface area contributed by atoms with Gasteiger partial charge in [0.05, 0.1) is 34.3 Å². The van der Waals surface area contributed by atoms with E-state index in [1.54, 1.807) is 7.11 Å². The zero-order valence-electron chi connectivity index (χ0n) is 22.6. The summed E-state index contributed by atoms with van der Waals surface area (Å²) in [6.45, 7) is 7.68. The molecule has 0 aromatic heterocycles. The zero-order valence-corrected chi connectivity index (χ0v) is 25.6. The van der Waals surface area contributed by atoms with Crippen molar-refractivity contribution in [3.8, 4) is 17.6 Å². The van der Waals surface area contributed by atoms with Gasteiger partial charge in [-0.2, -0.15) is 5.26 Å². The third kappa shape index (κ3) is 6.21. The molecule has 4 rings (SSSR count). The van der Waals surface area contributed by atoms with E-state index in [0.717, 1.165) is 20.4 Å². The van der Waals surface area contributed by atoms with E-state index in [0.29, 0.717) is 72.7 Å². The molecular formula is C30H33ClIN3O4. The van der Waals surface area contributed by atoms with Gasteiger partial charge < -0.3 is 24.8 Å². The third-order valence-corrected chi connectivity index (χ3v) is 7.98. The van der Waals surface area contributed by atoms with Crippen molar-refractivity contribution in [2.24, 2.45) is 11.1 Å². The Morgan fingerprint density at radius 3 is 2.67 bits per heavy atom. The maximum absolute atomic E-state index is 13.7. The van der Waals surface area contributed by atoms with E-state index in [1.165, 1.54) is 0 Å². The monoisotopic (exact) mass is 661 g/mol. The van der Waals surface area contributed by atoms with E-state index in [-0.39, 0.29) is 11.2 Å². The Morgan fingerprint density at radius 2 is 2.00 bits per heavy atom. The fourth-order valence-corrected chi connectivity index (χ4v) is 6.28. The van der Waals surface area contributed by atoms with Gasteiger partial charge in [-0.1, -0.05) is 37.6 Å². The van der Waals surface area contributed by atoms with Crippen LogP contribution in [0, 0.1) is 20.3 Å². The molecule has 0 unspecified atom stereocenters. The van der Waals surface area contributed by atoms with Crippen LogP contribution in [0.2, 0.25) is 5.02 Å². The molecule has 2 aromatic carbocycles.